The molecular weight excluding hydrogens is 261 g/mol. The molecule has 0 saturated carbocycles. The van der Waals surface area contributed by atoms with Crippen LogP contribution >= 0.6 is 0 Å². The summed E-state index contributed by atoms with van der Waals surface area (Å²) >= 11 is 0. The minimum absolute atomic E-state index is 0.382. The summed E-state index contributed by atoms with van der Waals surface area (Å²) < 4.78 is 15.1. The fourth-order valence-electron chi connectivity index (χ4n) is 4.28. The first kappa shape index (κ1) is 15.0. The number of nitrogens with one attached hydrogen (secondary N) is 1. The molecule has 1 aromatic rings. The third-order valence-corrected chi connectivity index (χ3v) is 5.25. The van der Waals surface area contributed by atoms with Crippen LogP contribution in [0, 0.1) is 0 Å². The third-order valence-electron chi connectivity index (χ3n) is 5.25. The molecule has 1 saturated heterocycles. The summed E-state index contributed by atoms with van der Waals surface area (Å²) in [7, 11) is 0. The van der Waals surface area contributed by atoms with Crippen LogP contribution in [0.25, 0.3) is 0 Å². The smallest absolute Gasteiger partial charge is 0.110 e. The molecule has 0 radical (unpaired) electrons. The lowest BCUT2D eigenvalue weighted by atomic mass is 9.76. The van der Waals surface area contributed by atoms with Crippen molar-refractivity contribution in [3.63, 3.8) is 0 Å². The zero-order valence-electron chi connectivity index (χ0n) is 13.2. The van der Waals surface area contributed by atoms with Crippen molar-refractivity contribution in [2.75, 3.05) is 6.54 Å². The Labute approximate surface area is 128 Å². The minimum atomic E-state index is -1.05. The number of fused-ring (bicyclic) bond motifs is 1. The Bertz CT molecular complexity index is 462. The van der Waals surface area contributed by atoms with Gasteiger partial charge in [-0.1, -0.05) is 30.7 Å². The van der Waals surface area contributed by atoms with Crippen LogP contribution in [0.5, 0.6) is 0 Å². The summed E-state index contributed by atoms with van der Waals surface area (Å²) in [6.45, 7) is 2.88. The zero-order chi connectivity index (χ0) is 14.7. The van der Waals surface area contributed by atoms with Gasteiger partial charge in [-0.25, -0.2) is 4.39 Å². The second kappa shape index (κ2) is 6.48. The number of aryl methyl sites for hydroxylation is 1. The van der Waals surface area contributed by atoms with E-state index in [4.69, 9.17) is 0 Å². The van der Waals surface area contributed by atoms with Crippen molar-refractivity contribution in [3.05, 3.63) is 35.4 Å². The van der Waals surface area contributed by atoms with Crippen LogP contribution in [-0.4, -0.2) is 18.3 Å². The van der Waals surface area contributed by atoms with Gasteiger partial charge in [0.1, 0.15) is 5.67 Å². The molecule has 1 aliphatic heterocycles. The topological polar surface area (TPSA) is 12.0 Å². The van der Waals surface area contributed by atoms with Crippen LogP contribution < -0.4 is 5.32 Å². The molecule has 0 spiro atoms. The van der Waals surface area contributed by atoms with E-state index < -0.39 is 5.67 Å². The molecule has 3 unspecified atom stereocenters. The lowest BCUT2D eigenvalue weighted by Gasteiger charge is -2.34. The summed E-state index contributed by atoms with van der Waals surface area (Å²) in [5.74, 6) is 0.411. The molecule has 116 valence electrons. The van der Waals surface area contributed by atoms with Crippen molar-refractivity contribution in [2.45, 2.75) is 75.9 Å². The Morgan fingerprint density at radius 2 is 2.00 bits per heavy atom. The predicted octanol–water partition coefficient (Wildman–Crippen LogP) is 4.76. The number of halogens is 1. The Morgan fingerprint density at radius 3 is 2.81 bits per heavy atom. The molecule has 0 bridgehead atoms. The number of hydrogen-bond donors (Lipinski definition) is 1. The average Bonchev–Trinajstić information content (AvgIpc) is 2.48. The maximum Gasteiger partial charge on any atom is 0.110 e. The molecule has 1 fully saturated rings. The van der Waals surface area contributed by atoms with Gasteiger partial charge in [0.2, 0.25) is 0 Å². The fraction of sp³-hybridized carbons (Fsp3) is 0.684. The Hall–Kier alpha value is -0.890. The number of piperidine rings is 1. The van der Waals surface area contributed by atoms with Gasteiger partial charge >= 0.3 is 0 Å². The Morgan fingerprint density at radius 1 is 1.14 bits per heavy atom. The molecule has 1 heterocycles. The van der Waals surface area contributed by atoms with Crippen LogP contribution in [0.15, 0.2) is 24.3 Å². The summed E-state index contributed by atoms with van der Waals surface area (Å²) in [5.41, 5.74) is 1.80. The van der Waals surface area contributed by atoms with Gasteiger partial charge < -0.3 is 5.32 Å². The van der Waals surface area contributed by atoms with Crippen LogP contribution in [0.4, 0.5) is 4.39 Å². The van der Waals surface area contributed by atoms with E-state index in [2.05, 4.69) is 29.6 Å². The van der Waals surface area contributed by atoms with Crippen molar-refractivity contribution < 1.29 is 4.39 Å². The van der Waals surface area contributed by atoms with Crippen LogP contribution in [0.2, 0.25) is 0 Å². The van der Waals surface area contributed by atoms with E-state index in [1.807, 2.05) is 6.92 Å². The lowest BCUT2D eigenvalue weighted by molar-refractivity contribution is 0.121. The summed E-state index contributed by atoms with van der Waals surface area (Å²) in [4.78, 5) is 0. The van der Waals surface area contributed by atoms with Gasteiger partial charge in [-0.15, -0.1) is 0 Å². The largest absolute Gasteiger partial charge is 0.314 e. The van der Waals surface area contributed by atoms with Gasteiger partial charge in [-0.2, -0.15) is 0 Å². The highest BCUT2D eigenvalue weighted by atomic mass is 19.1. The van der Waals surface area contributed by atoms with Gasteiger partial charge in [0.05, 0.1) is 0 Å². The highest BCUT2D eigenvalue weighted by molar-refractivity contribution is 5.32. The molecule has 1 aromatic carbocycles. The summed E-state index contributed by atoms with van der Waals surface area (Å²) in [6.07, 6.45) is 8.51. The molecule has 2 heteroatoms. The van der Waals surface area contributed by atoms with E-state index >= 15 is 4.39 Å². The van der Waals surface area contributed by atoms with E-state index in [9.17, 15) is 0 Å². The predicted molar refractivity (Wildman–Crippen MR) is 86.5 cm³/mol. The molecule has 1 aliphatic carbocycles. The second-order valence-electron chi connectivity index (χ2n) is 7.26. The van der Waals surface area contributed by atoms with Crippen LogP contribution in [0.3, 0.4) is 0 Å². The Kier molecular flexibility index (Phi) is 4.63. The maximum absolute atomic E-state index is 15.1. The standard InChI is InChI=1S/C19H28FN/c1-19(20,14-17-10-4-5-12-21-17)13-16-9-6-8-15-7-2-3-11-18(15)16/h2-3,7,11,16-17,21H,4-6,8-10,12-14H2,1H3. The quantitative estimate of drug-likeness (QED) is 0.843. The van der Waals surface area contributed by atoms with Crippen molar-refractivity contribution in [1.82, 2.24) is 5.32 Å². The third kappa shape index (κ3) is 3.85. The molecule has 0 amide bonds. The van der Waals surface area contributed by atoms with Crippen LogP contribution in [-0.2, 0) is 6.42 Å². The molecule has 1 N–H and O–H groups in total. The van der Waals surface area contributed by atoms with E-state index in [-0.39, 0.29) is 0 Å². The highest BCUT2D eigenvalue weighted by Gasteiger charge is 2.33. The highest BCUT2D eigenvalue weighted by Crippen LogP contribution is 2.40. The first-order chi connectivity index (χ1) is 10.1. The maximum atomic E-state index is 15.1. The molecule has 2 aliphatic rings. The molecule has 21 heavy (non-hydrogen) atoms. The first-order valence-electron chi connectivity index (χ1n) is 8.64. The molecule has 3 rings (SSSR count). The van der Waals surface area contributed by atoms with Gasteiger partial charge in [-0.3, -0.25) is 0 Å². The van der Waals surface area contributed by atoms with Crippen molar-refractivity contribution in [3.8, 4) is 0 Å². The number of hydrogen-bond acceptors (Lipinski definition) is 1. The monoisotopic (exact) mass is 289 g/mol. The van der Waals surface area contributed by atoms with Gasteiger partial charge in [0, 0.05) is 6.04 Å². The van der Waals surface area contributed by atoms with Crippen molar-refractivity contribution in [2.24, 2.45) is 0 Å². The second-order valence-corrected chi connectivity index (χ2v) is 7.26. The van der Waals surface area contributed by atoms with Crippen LogP contribution in [0.1, 0.15) is 68.9 Å². The summed E-state index contributed by atoms with van der Waals surface area (Å²) in [5, 5.41) is 3.49. The zero-order valence-corrected chi connectivity index (χ0v) is 13.2. The van der Waals surface area contributed by atoms with Gasteiger partial charge in [0.15, 0.2) is 0 Å². The molecular formula is C19H28FN. The van der Waals surface area contributed by atoms with E-state index in [1.165, 1.54) is 36.8 Å². The van der Waals surface area contributed by atoms with Gasteiger partial charge in [-0.05, 0) is 75.5 Å². The number of benzene rings is 1. The van der Waals surface area contributed by atoms with Gasteiger partial charge in [0.25, 0.3) is 0 Å². The minimum Gasteiger partial charge on any atom is -0.314 e. The van der Waals surface area contributed by atoms with Crippen molar-refractivity contribution in [1.29, 1.82) is 0 Å². The normalized spacial score (nSPS) is 28.7. The first-order valence-corrected chi connectivity index (χ1v) is 8.64. The lowest BCUT2D eigenvalue weighted by Crippen LogP contribution is -2.39. The fourth-order valence-corrected chi connectivity index (χ4v) is 4.28. The molecule has 1 nitrogen and oxygen atoms in total. The van der Waals surface area contributed by atoms with Crippen molar-refractivity contribution >= 4 is 0 Å². The SMILES string of the molecule is CC(F)(CC1CCCCN1)CC1CCCc2ccccc21. The molecule has 3 atom stereocenters. The summed E-state index contributed by atoms with van der Waals surface area (Å²) in [6, 6.07) is 9.04. The van der Waals surface area contributed by atoms with E-state index in [1.54, 1.807) is 0 Å². The average molecular weight is 289 g/mol. The number of alkyl halides is 1. The number of rotatable bonds is 4. The Balaban J connectivity index is 1.65. The molecule has 0 aromatic heterocycles. The van der Waals surface area contributed by atoms with E-state index in [0.29, 0.717) is 24.8 Å². The van der Waals surface area contributed by atoms with E-state index in [0.717, 1.165) is 19.4 Å².